The Kier molecular flexibility index (Phi) is 12.1. The van der Waals surface area contributed by atoms with Gasteiger partial charge in [-0.1, -0.05) is 37.2 Å². The summed E-state index contributed by atoms with van der Waals surface area (Å²) in [5.41, 5.74) is 0. The zero-order valence-corrected chi connectivity index (χ0v) is 10.7. The van der Waals surface area contributed by atoms with Crippen molar-refractivity contribution in [2.45, 2.75) is 51.9 Å². The minimum atomic E-state index is -2.14. The lowest BCUT2D eigenvalue weighted by molar-refractivity contribution is -0.164. The Labute approximate surface area is 94.5 Å². The summed E-state index contributed by atoms with van der Waals surface area (Å²) in [6.45, 7) is 4.32. The summed E-state index contributed by atoms with van der Waals surface area (Å²) in [5.74, 6) is 0. The highest BCUT2D eigenvalue weighted by Crippen LogP contribution is 2.13. The molecule has 0 rings (SSSR count). The molecular weight excluding hydrogens is 209 g/mol. The molecule has 90 valence electrons. The molecule has 0 fully saturated rings. The van der Waals surface area contributed by atoms with Crippen LogP contribution in [-0.4, -0.2) is 19.3 Å². The molecule has 4 heteroatoms. The van der Waals surface area contributed by atoms with Gasteiger partial charge in [-0.25, -0.2) is 0 Å². The van der Waals surface area contributed by atoms with Crippen molar-refractivity contribution in [2.75, 3.05) is 19.3 Å². The molecule has 15 heavy (non-hydrogen) atoms. The molecule has 0 saturated heterocycles. The van der Waals surface area contributed by atoms with Crippen molar-refractivity contribution >= 4 is 8.03 Å². The van der Waals surface area contributed by atoms with E-state index in [1.165, 1.54) is 32.1 Å². The molecule has 1 atom stereocenters. The first-order valence-corrected chi connectivity index (χ1v) is 7.46. The van der Waals surface area contributed by atoms with Crippen molar-refractivity contribution in [2.24, 2.45) is 0 Å². The number of unbranched alkanes of at least 4 members (excludes halogenated alkanes) is 6. The van der Waals surface area contributed by atoms with Crippen LogP contribution in [0, 0.1) is 0 Å². The fourth-order valence-electron chi connectivity index (χ4n) is 1.55. The summed E-state index contributed by atoms with van der Waals surface area (Å²) >= 11 is 0. The van der Waals surface area contributed by atoms with Crippen molar-refractivity contribution < 1.29 is 9.46 Å². The van der Waals surface area contributed by atoms with Gasteiger partial charge in [-0.3, -0.25) is 0 Å². The highest BCUT2D eigenvalue weighted by Gasteiger charge is 1.98. The standard InChI is InChI=1S/C11H24NO2P/c1-2-12-10-8-6-4-3-5-7-9-11-15(13)14/h12H,2-11H2,1H3. The van der Waals surface area contributed by atoms with Crippen LogP contribution in [0.2, 0.25) is 0 Å². The Morgan fingerprint density at radius 2 is 1.53 bits per heavy atom. The van der Waals surface area contributed by atoms with Gasteiger partial charge in [0.15, 0.2) is 0 Å². The minimum absolute atomic E-state index is 0.371. The highest BCUT2D eigenvalue weighted by atomic mass is 31.1. The van der Waals surface area contributed by atoms with Gasteiger partial charge in [-0.15, -0.1) is 0 Å². The van der Waals surface area contributed by atoms with Crippen LogP contribution >= 0.6 is 8.03 Å². The summed E-state index contributed by atoms with van der Waals surface area (Å²) in [5, 5.41) is 3.30. The van der Waals surface area contributed by atoms with Crippen molar-refractivity contribution in [1.82, 2.24) is 5.32 Å². The van der Waals surface area contributed by atoms with Crippen LogP contribution in [0.4, 0.5) is 0 Å². The molecule has 0 aromatic heterocycles. The Morgan fingerprint density at radius 3 is 2.07 bits per heavy atom. The van der Waals surface area contributed by atoms with Gasteiger partial charge >= 0.3 is 8.03 Å². The molecule has 0 aromatic carbocycles. The van der Waals surface area contributed by atoms with Gasteiger partial charge < -0.3 is 10.2 Å². The minimum Gasteiger partial charge on any atom is -0.596 e. The molecule has 0 saturated carbocycles. The predicted molar refractivity (Wildman–Crippen MR) is 63.3 cm³/mol. The van der Waals surface area contributed by atoms with E-state index in [4.69, 9.17) is 0 Å². The Morgan fingerprint density at radius 1 is 1.00 bits per heavy atom. The second kappa shape index (κ2) is 12.1. The monoisotopic (exact) mass is 233 g/mol. The quantitative estimate of drug-likeness (QED) is 0.440. The van der Waals surface area contributed by atoms with E-state index >= 15 is 0 Å². The lowest BCUT2D eigenvalue weighted by atomic mass is 10.1. The number of hydrogen-bond donors (Lipinski definition) is 1. The Hall–Kier alpha value is 0.0200. The van der Waals surface area contributed by atoms with Crippen LogP contribution in [0.3, 0.4) is 0 Å². The molecule has 0 aromatic rings. The lowest BCUT2D eigenvalue weighted by Gasteiger charge is -2.01. The van der Waals surface area contributed by atoms with E-state index in [0.29, 0.717) is 6.16 Å². The summed E-state index contributed by atoms with van der Waals surface area (Å²) in [6, 6.07) is 0. The van der Waals surface area contributed by atoms with Crippen LogP contribution in [0.1, 0.15) is 51.9 Å². The van der Waals surface area contributed by atoms with E-state index in [1.54, 1.807) is 0 Å². The van der Waals surface area contributed by atoms with E-state index in [1.807, 2.05) is 0 Å². The first-order valence-electron chi connectivity index (χ1n) is 6.10. The first kappa shape index (κ1) is 15.0. The third-order valence-corrected chi connectivity index (χ3v) is 3.13. The summed E-state index contributed by atoms with van der Waals surface area (Å²) in [7, 11) is -2.14. The molecule has 0 bridgehead atoms. The normalized spacial score (nSPS) is 11.7. The molecule has 0 aliphatic carbocycles. The van der Waals surface area contributed by atoms with Crippen LogP contribution in [0.25, 0.3) is 0 Å². The van der Waals surface area contributed by atoms with E-state index in [2.05, 4.69) is 12.2 Å². The Bertz CT molecular complexity index is 154. The van der Waals surface area contributed by atoms with Gasteiger partial charge in [0, 0.05) is 0 Å². The van der Waals surface area contributed by atoms with Crippen LogP contribution in [0.5, 0.6) is 0 Å². The smallest absolute Gasteiger partial charge is 0.308 e. The molecule has 3 nitrogen and oxygen atoms in total. The average molecular weight is 233 g/mol. The summed E-state index contributed by atoms with van der Waals surface area (Å²) < 4.78 is 10.3. The molecule has 1 unspecified atom stereocenters. The lowest BCUT2D eigenvalue weighted by Crippen LogP contribution is -2.13. The van der Waals surface area contributed by atoms with Gasteiger partial charge in [-0.05, 0) is 32.4 Å². The van der Waals surface area contributed by atoms with Crippen LogP contribution in [-0.2, 0) is 4.57 Å². The number of hydrogen-bond acceptors (Lipinski definition) is 3. The molecular formula is C11H24NO2P. The zero-order valence-electron chi connectivity index (χ0n) is 9.83. The molecule has 0 radical (unpaired) electrons. The van der Waals surface area contributed by atoms with E-state index in [9.17, 15) is 9.46 Å². The van der Waals surface area contributed by atoms with Gasteiger partial charge in [0.2, 0.25) is 0 Å². The average Bonchev–Trinajstić information content (AvgIpc) is 2.20. The van der Waals surface area contributed by atoms with Crippen molar-refractivity contribution in [1.29, 1.82) is 0 Å². The number of nitrogens with one attached hydrogen (secondary N) is 1. The van der Waals surface area contributed by atoms with Crippen LogP contribution in [0.15, 0.2) is 0 Å². The molecule has 0 aliphatic rings. The first-order chi connectivity index (χ1) is 7.27. The number of rotatable bonds is 11. The fourth-order valence-corrected chi connectivity index (χ4v) is 2.03. The largest absolute Gasteiger partial charge is 0.596 e. The maximum atomic E-state index is 10.3. The maximum absolute atomic E-state index is 10.3. The van der Waals surface area contributed by atoms with Crippen molar-refractivity contribution in [3.05, 3.63) is 0 Å². The second-order valence-electron chi connectivity index (χ2n) is 3.88. The van der Waals surface area contributed by atoms with Gasteiger partial charge in [0.1, 0.15) is 6.16 Å². The molecule has 0 aliphatic heterocycles. The molecule has 1 N–H and O–H groups in total. The molecule has 0 spiro atoms. The third kappa shape index (κ3) is 14.0. The fraction of sp³-hybridized carbons (Fsp3) is 1.00. The van der Waals surface area contributed by atoms with E-state index < -0.39 is 8.03 Å². The van der Waals surface area contributed by atoms with Gasteiger partial charge in [-0.2, -0.15) is 0 Å². The van der Waals surface area contributed by atoms with E-state index in [-0.39, 0.29) is 0 Å². The maximum Gasteiger partial charge on any atom is 0.308 e. The van der Waals surface area contributed by atoms with Gasteiger partial charge in [0.05, 0.1) is 0 Å². The van der Waals surface area contributed by atoms with Crippen molar-refractivity contribution in [3.8, 4) is 0 Å². The van der Waals surface area contributed by atoms with E-state index in [0.717, 1.165) is 25.9 Å². The Balaban J connectivity index is 2.89. The molecule has 0 amide bonds. The summed E-state index contributed by atoms with van der Waals surface area (Å²) in [6.07, 6.45) is 8.56. The third-order valence-electron chi connectivity index (χ3n) is 2.44. The predicted octanol–water partition coefficient (Wildman–Crippen LogP) is 2.43. The second-order valence-corrected chi connectivity index (χ2v) is 5.00. The van der Waals surface area contributed by atoms with Crippen LogP contribution < -0.4 is 10.2 Å². The highest BCUT2D eigenvalue weighted by molar-refractivity contribution is 7.36. The topological polar surface area (TPSA) is 52.2 Å². The molecule has 0 heterocycles. The van der Waals surface area contributed by atoms with Crippen molar-refractivity contribution in [3.63, 3.8) is 0 Å². The van der Waals surface area contributed by atoms with Gasteiger partial charge in [0.25, 0.3) is 0 Å². The zero-order chi connectivity index (χ0) is 11.4. The summed E-state index contributed by atoms with van der Waals surface area (Å²) in [4.78, 5) is 10.3. The SMILES string of the molecule is CCNCCCCCCCCC[P+](=O)[O-].